The molecule has 3 rings (SSSR count). The smallest absolute Gasteiger partial charge is 0.347 e. The van der Waals surface area contributed by atoms with E-state index >= 15 is 0 Å². The first-order chi connectivity index (χ1) is 13.4. The van der Waals surface area contributed by atoms with E-state index in [0.717, 1.165) is 15.2 Å². The van der Waals surface area contributed by atoms with Crippen LogP contribution in [-0.2, 0) is 20.9 Å². The SMILES string of the molecule is C[C@@H](Oc1ccc(Cl)cc1)C(=O)OCC(=O)N(C)Cc1nc2ccccc2s1. The van der Waals surface area contributed by atoms with Crippen LogP contribution < -0.4 is 4.74 Å². The summed E-state index contributed by atoms with van der Waals surface area (Å²) in [6, 6.07) is 14.4. The molecular weight excluding hydrogens is 400 g/mol. The van der Waals surface area contributed by atoms with Crippen molar-refractivity contribution in [3.8, 4) is 5.75 Å². The zero-order valence-corrected chi connectivity index (χ0v) is 17.0. The Bertz CT molecular complexity index is 941. The van der Waals surface area contributed by atoms with Gasteiger partial charge in [0.15, 0.2) is 12.7 Å². The molecule has 0 N–H and O–H groups in total. The minimum Gasteiger partial charge on any atom is -0.479 e. The van der Waals surface area contributed by atoms with Gasteiger partial charge in [-0.3, -0.25) is 4.79 Å². The Morgan fingerprint density at radius 2 is 1.89 bits per heavy atom. The second-order valence-electron chi connectivity index (χ2n) is 6.15. The van der Waals surface area contributed by atoms with E-state index in [1.165, 1.54) is 16.2 Å². The summed E-state index contributed by atoms with van der Waals surface area (Å²) in [5, 5.41) is 1.40. The molecule has 0 unspecified atom stereocenters. The number of likely N-dealkylation sites (N-methyl/N-ethyl adjacent to an activating group) is 1. The molecule has 0 aliphatic rings. The molecule has 0 aliphatic carbocycles. The number of carbonyl (C=O) groups is 2. The zero-order valence-electron chi connectivity index (χ0n) is 15.4. The van der Waals surface area contributed by atoms with Gasteiger partial charge in [-0.1, -0.05) is 23.7 Å². The van der Waals surface area contributed by atoms with Gasteiger partial charge in [-0.25, -0.2) is 9.78 Å². The largest absolute Gasteiger partial charge is 0.479 e. The summed E-state index contributed by atoms with van der Waals surface area (Å²) >= 11 is 7.35. The van der Waals surface area contributed by atoms with Gasteiger partial charge in [0.25, 0.3) is 5.91 Å². The van der Waals surface area contributed by atoms with Gasteiger partial charge in [-0.15, -0.1) is 11.3 Å². The Kier molecular flexibility index (Phi) is 6.49. The van der Waals surface area contributed by atoms with E-state index in [9.17, 15) is 9.59 Å². The fourth-order valence-electron chi connectivity index (χ4n) is 2.40. The van der Waals surface area contributed by atoms with Crippen LogP contribution in [-0.4, -0.2) is 41.5 Å². The molecule has 2 aromatic carbocycles. The lowest BCUT2D eigenvalue weighted by Gasteiger charge is -2.17. The highest BCUT2D eigenvalue weighted by Gasteiger charge is 2.19. The van der Waals surface area contributed by atoms with Crippen LogP contribution in [0, 0.1) is 0 Å². The van der Waals surface area contributed by atoms with Crippen molar-refractivity contribution in [2.45, 2.75) is 19.6 Å². The number of aromatic nitrogens is 1. The summed E-state index contributed by atoms with van der Waals surface area (Å²) in [5.74, 6) is -0.434. The van der Waals surface area contributed by atoms with E-state index in [1.54, 1.807) is 38.2 Å². The predicted molar refractivity (Wildman–Crippen MR) is 109 cm³/mol. The number of ether oxygens (including phenoxy) is 2. The van der Waals surface area contributed by atoms with E-state index in [4.69, 9.17) is 21.1 Å². The molecule has 0 saturated carbocycles. The summed E-state index contributed by atoms with van der Waals surface area (Å²) in [6.07, 6.45) is -0.844. The van der Waals surface area contributed by atoms with E-state index < -0.39 is 12.1 Å². The van der Waals surface area contributed by atoms with Crippen molar-refractivity contribution in [1.82, 2.24) is 9.88 Å². The Hall–Kier alpha value is -2.64. The van der Waals surface area contributed by atoms with E-state index in [0.29, 0.717) is 17.3 Å². The topological polar surface area (TPSA) is 68.7 Å². The van der Waals surface area contributed by atoms with Crippen molar-refractivity contribution in [2.24, 2.45) is 0 Å². The third kappa shape index (κ3) is 5.21. The van der Waals surface area contributed by atoms with Crippen LogP contribution in [0.25, 0.3) is 10.2 Å². The maximum Gasteiger partial charge on any atom is 0.347 e. The standard InChI is InChI=1S/C20H19ClN2O4S/c1-13(27-15-9-7-14(21)8-10-15)20(25)26-12-19(24)23(2)11-18-22-16-5-3-4-6-17(16)28-18/h3-10,13H,11-12H2,1-2H3/t13-/m1/s1. The van der Waals surface area contributed by atoms with E-state index in [-0.39, 0.29) is 12.5 Å². The molecule has 1 amide bonds. The number of rotatable bonds is 7. The third-order valence-corrected chi connectivity index (χ3v) is 5.21. The van der Waals surface area contributed by atoms with Gasteiger partial charge >= 0.3 is 5.97 Å². The molecule has 0 radical (unpaired) electrons. The van der Waals surface area contributed by atoms with Crippen molar-refractivity contribution in [3.05, 3.63) is 58.6 Å². The van der Waals surface area contributed by atoms with Gasteiger partial charge in [0.05, 0.1) is 16.8 Å². The number of nitrogens with zero attached hydrogens (tertiary/aromatic N) is 2. The Morgan fingerprint density at radius 1 is 1.18 bits per heavy atom. The lowest BCUT2D eigenvalue weighted by Crippen LogP contribution is -2.33. The molecular formula is C20H19ClN2O4S. The van der Waals surface area contributed by atoms with Crippen molar-refractivity contribution in [3.63, 3.8) is 0 Å². The number of hydrogen-bond donors (Lipinski definition) is 0. The molecule has 6 nitrogen and oxygen atoms in total. The summed E-state index contributed by atoms with van der Waals surface area (Å²) in [7, 11) is 1.65. The van der Waals surface area contributed by atoms with Gasteiger partial charge in [0.1, 0.15) is 10.8 Å². The zero-order chi connectivity index (χ0) is 20.1. The summed E-state index contributed by atoms with van der Waals surface area (Å²) in [6.45, 7) is 1.56. The van der Waals surface area contributed by atoms with Crippen LogP contribution in [0.15, 0.2) is 48.5 Å². The van der Waals surface area contributed by atoms with Crippen LogP contribution in [0.2, 0.25) is 5.02 Å². The summed E-state index contributed by atoms with van der Waals surface area (Å²) in [4.78, 5) is 30.3. The van der Waals surface area contributed by atoms with Gasteiger partial charge in [-0.2, -0.15) is 0 Å². The maximum atomic E-state index is 12.3. The number of thiazole rings is 1. The van der Waals surface area contributed by atoms with Gasteiger partial charge in [-0.05, 0) is 43.3 Å². The number of esters is 1. The number of carbonyl (C=O) groups excluding carboxylic acids is 2. The lowest BCUT2D eigenvalue weighted by atomic mass is 10.3. The Labute approximate surface area is 171 Å². The molecule has 8 heteroatoms. The van der Waals surface area contributed by atoms with Crippen LogP contribution in [0.5, 0.6) is 5.75 Å². The second kappa shape index (κ2) is 9.03. The molecule has 0 saturated heterocycles. The molecule has 1 atom stereocenters. The molecule has 0 spiro atoms. The minimum atomic E-state index is -0.844. The summed E-state index contributed by atoms with van der Waals surface area (Å²) < 4.78 is 11.6. The molecule has 1 aromatic heterocycles. The molecule has 0 aliphatic heterocycles. The second-order valence-corrected chi connectivity index (χ2v) is 7.70. The highest BCUT2D eigenvalue weighted by atomic mass is 35.5. The van der Waals surface area contributed by atoms with Crippen molar-refractivity contribution < 1.29 is 19.1 Å². The van der Waals surface area contributed by atoms with Gasteiger partial charge in [0, 0.05) is 12.1 Å². The monoisotopic (exact) mass is 418 g/mol. The van der Waals surface area contributed by atoms with Crippen molar-refractivity contribution >= 4 is 45.0 Å². The quantitative estimate of drug-likeness (QED) is 0.544. The minimum absolute atomic E-state index is 0.314. The van der Waals surface area contributed by atoms with Gasteiger partial charge < -0.3 is 14.4 Å². The van der Waals surface area contributed by atoms with E-state index in [2.05, 4.69) is 4.98 Å². The number of halogens is 1. The average molecular weight is 419 g/mol. The first-order valence-electron chi connectivity index (χ1n) is 8.59. The van der Waals surface area contributed by atoms with Gasteiger partial charge in [0.2, 0.25) is 0 Å². The van der Waals surface area contributed by atoms with Crippen LogP contribution in [0.3, 0.4) is 0 Å². The normalized spacial score (nSPS) is 11.8. The third-order valence-electron chi connectivity index (χ3n) is 3.93. The molecule has 1 heterocycles. The van der Waals surface area contributed by atoms with Crippen molar-refractivity contribution in [1.29, 1.82) is 0 Å². The van der Waals surface area contributed by atoms with Crippen LogP contribution in [0.4, 0.5) is 0 Å². The maximum absolute atomic E-state index is 12.3. The summed E-state index contributed by atoms with van der Waals surface area (Å²) in [5.41, 5.74) is 0.906. The lowest BCUT2D eigenvalue weighted by molar-refractivity contribution is -0.157. The van der Waals surface area contributed by atoms with E-state index in [1.807, 2.05) is 24.3 Å². The Morgan fingerprint density at radius 3 is 2.61 bits per heavy atom. The van der Waals surface area contributed by atoms with Crippen LogP contribution >= 0.6 is 22.9 Å². The first kappa shape index (κ1) is 20.1. The predicted octanol–water partition coefficient (Wildman–Crippen LogP) is 3.92. The first-order valence-corrected chi connectivity index (χ1v) is 9.79. The molecule has 0 fully saturated rings. The molecule has 3 aromatic rings. The number of hydrogen-bond acceptors (Lipinski definition) is 6. The molecule has 0 bridgehead atoms. The van der Waals surface area contributed by atoms with Crippen molar-refractivity contribution in [2.75, 3.05) is 13.7 Å². The highest BCUT2D eigenvalue weighted by molar-refractivity contribution is 7.18. The average Bonchev–Trinajstić information content (AvgIpc) is 3.09. The molecule has 28 heavy (non-hydrogen) atoms. The Balaban J connectivity index is 1.48. The highest BCUT2D eigenvalue weighted by Crippen LogP contribution is 2.22. The number of para-hydroxylation sites is 1. The fourth-order valence-corrected chi connectivity index (χ4v) is 3.55. The van der Waals surface area contributed by atoms with Crippen LogP contribution in [0.1, 0.15) is 11.9 Å². The number of benzene rings is 2. The fraction of sp³-hybridized carbons (Fsp3) is 0.250. The molecule has 146 valence electrons. The number of amides is 1. The number of fused-ring (bicyclic) bond motifs is 1.